The molecular formula is C11H17N3O. The van der Waals surface area contributed by atoms with Gasteiger partial charge in [0.1, 0.15) is 0 Å². The SMILES string of the molecule is Cc1ccc(C)n1NCC1CCC(=O)N1. The average Bonchev–Trinajstić information content (AvgIpc) is 2.73. The molecule has 0 spiro atoms. The third-order valence-electron chi connectivity index (χ3n) is 2.85. The van der Waals surface area contributed by atoms with E-state index in [1.807, 2.05) is 0 Å². The Morgan fingerprint density at radius 1 is 1.47 bits per heavy atom. The minimum Gasteiger partial charge on any atom is -0.352 e. The minimum atomic E-state index is 0.169. The van der Waals surface area contributed by atoms with Gasteiger partial charge < -0.3 is 10.7 Å². The van der Waals surface area contributed by atoms with Gasteiger partial charge in [-0.2, -0.15) is 0 Å². The molecule has 0 bridgehead atoms. The van der Waals surface area contributed by atoms with Gasteiger partial charge in [-0.25, -0.2) is 0 Å². The van der Waals surface area contributed by atoms with E-state index in [0.717, 1.165) is 13.0 Å². The maximum absolute atomic E-state index is 11.0. The summed E-state index contributed by atoms with van der Waals surface area (Å²) in [5.41, 5.74) is 5.71. The van der Waals surface area contributed by atoms with Gasteiger partial charge in [0, 0.05) is 23.9 Å². The second-order valence-corrected chi connectivity index (χ2v) is 4.12. The normalized spacial score (nSPS) is 20.4. The van der Waals surface area contributed by atoms with Crippen LogP contribution in [0.25, 0.3) is 0 Å². The van der Waals surface area contributed by atoms with Gasteiger partial charge in [0.2, 0.25) is 5.91 Å². The molecule has 0 aromatic carbocycles. The van der Waals surface area contributed by atoms with Gasteiger partial charge in [0.05, 0.1) is 6.54 Å². The van der Waals surface area contributed by atoms with E-state index in [1.165, 1.54) is 11.4 Å². The molecule has 1 aromatic rings. The zero-order valence-electron chi connectivity index (χ0n) is 9.21. The molecule has 2 N–H and O–H groups in total. The summed E-state index contributed by atoms with van der Waals surface area (Å²) in [5, 5.41) is 2.94. The molecule has 82 valence electrons. The minimum absolute atomic E-state index is 0.169. The van der Waals surface area contributed by atoms with Gasteiger partial charge in [-0.05, 0) is 32.4 Å². The summed E-state index contributed by atoms with van der Waals surface area (Å²) in [7, 11) is 0. The molecule has 1 amide bonds. The third kappa shape index (κ3) is 2.14. The maximum atomic E-state index is 11.0. The Kier molecular flexibility index (Phi) is 2.66. The molecule has 2 rings (SSSR count). The Bertz CT molecular complexity index is 350. The Morgan fingerprint density at radius 3 is 2.67 bits per heavy atom. The Morgan fingerprint density at radius 2 is 2.13 bits per heavy atom. The van der Waals surface area contributed by atoms with E-state index in [0.29, 0.717) is 6.42 Å². The van der Waals surface area contributed by atoms with Crippen LogP contribution in [0.2, 0.25) is 0 Å². The molecule has 1 saturated heterocycles. The van der Waals surface area contributed by atoms with Crippen LogP contribution in [0.5, 0.6) is 0 Å². The molecule has 1 aliphatic rings. The molecule has 1 aromatic heterocycles. The van der Waals surface area contributed by atoms with Crippen LogP contribution >= 0.6 is 0 Å². The lowest BCUT2D eigenvalue weighted by molar-refractivity contribution is -0.119. The molecule has 1 fully saturated rings. The van der Waals surface area contributed by atoms with Gasteiger partial charge in [0.15, 0.2) is 0 Å². The summed E-state index contributed by atoms with van der Waals surface area (Å²) in [6.45, 7) is 4.92. The van der Waals surface area contributed by atoms with Crippen LogP contribution in [0, 0.1) is 13.8 Å². The molecule has 1 unspecified atom stereocenters. The van der Waals surface area contributed by atoms with E-state index >= 15 is 0 Å². The third-order valence-corrected chi connectivity index (χ3v) is 2.85. The van der Waals surface area contributed by atoms with Crippen LogP contribution in [-0.4, -0.2) is 23.2 Å². The number of aromatic nitrogens is 1. The van der Waals surface area contributed by atoms with Crippen molar-refractivity contribution in [3.05, 3.63) is 23.5 Å². The average molecular weight is 207 g/mol. The van der Waals surface area contributed by atoms with Crippen molar-refractivity contribution in [3.63, 3.8) is 0 Å². The zero-order valence-corrected chi connectivity index (χ0v) is 9.21. The van der Waals surface area contributed by atoms with E-state index in [4.69, 9.17) is 0 Å². The quantitative estimate of drug-likeness (QED) is 0.774. The topological polar surface area (TPSA) is 46.1 Å². The number of carbonyl (C=O) groups is 1. The van der Waals surface area contributed by atoms with Crippen molar-refractivity contribution in [3.8, 4) is 0 Å². The Hall–Kier alpha value is -1.45. The Labute approximate surface area is 89.6 Å². The first-order chi connectivity index (χ1) is 7.16. The number of rotatable bonds is 3. The van der Waals surface area contributed by atoms with Crippen LogP contribution in [0.1, 0.15) is 24.2 Å². The van der Waals surface area contributed by atoms with Crippen molar-refractivity contribution in [2.24, 2.45) is 0 Å². The predicted octanol–water partition coefficient (Wildman–Crippen LogP) is 0.927. The number of nitrogens with zero attached hydrogens (tertiary/aromatic N) is 1. The van der Waals surface area contributed by atoms with Crippen molar-refractivity contribution in [2.45, 2.75) is 32.7 Å². The first-order valence-corrected chi connectivity index (χ1v) is 5.35. The van der Waals surface area contributed by atoms with Crippen LogP contribution < -0.4 is 10.7 Å². The van der Waals surface area contributed by atoms with Crippen LogP contribution in [-0.2, 0) is 4.79 Å². The smallest absolute Gasteiger partial charge is 0.220 e. The highest BCUT2D eigenvalue weighted by atomic mass is 16.1. The van der Waals surface area contributed by atoms with E-state index in [9.17, 15) is 4.79 Å². The highest BCUT2D eigenvalue weighted by Gasteiger charge is 2.20. The summed E-state index contributed by atoms with van der Waals surface area (Å²) in [6, 6.07) is 4.43. The monoisotopic (exact) mass is 207 g/mol. The van der Waals surface area contributed by atoms with E-state index in [-0.39, 0.29) is 11.9 Å². The lowest BCUT2D eigenvalue weighted by Gasteiger charge is -2.16. The largest absolute Gasteiger partial charge is 0.352 e. The van der Waals surface area contributed by atoms with E-state index in [2.05, 4.69) is 41.4 Å². The van der Waals surface area contributed by atoms with E-state index in [1.54, 1.807) is 0 Å². The summed E-state index contributed by atoms with van der Waals surface area (Å²) in [5.74, 6) is 0.169. The number of carbonyl (C=O) groups excluding carboxylic acids is 1. The van der Waals surface area contributed by atoms with Crippen LogP contribution in [0.3, 0.4) is 0 Å². The lowest BCUT2D eigenvalue weighted by atomic mass is 10.2. The molecular weight excluding hydrogens is 190 g/mol. The Balaban J connectivity index is 1.90. The number of aryl methyl sites for hydroxylation is 2. The number of hydrogen-bond acceptors (Lipinski definition) is 2. The zero-order chi connectivity index (χ0) is 10.8. The number of amides is 1. The molecule has 4 heteroatoms. The van der Waals surface area contributed by atoms with Gasteiger partial charge in [-0.15, -0.1) is 0 Å². The van der Waals surface area contributed by atoms with Gasteiger partial charge in [-0.1, -0.05) is 0 Å². The summed E-state index contributed by atoms with van der Waals surface area (Å²) in [6.07, 6.45) is 1.60. The molecule has 15 heavy (non-hydrogen) atoms. The molecule has 0 aliphatic carbocycles. The van der Waals surface area contributed by atoms with Crippen LogP contribution in [0.4, 0.5) is 0 Å². The van der Waals surface area contributed by atoms with Crippen molar-refractivity contribution in [1.29, 1.82) is 0 Å². The lowest BCUT2D eigenvalue weighted by Crippen LogP contribution is -2.35. The maximum Gasteiger partial charge on any atom is 0.220 e. The van der Waals surface area contributed by atoms with Crippen molar-refractivity contribution < 1.29 is 4.79 Å². The highest BCUT2D eigenvalue weighted by molar-refractivity contribution is 5.78. The highest BCUT2D eigenvalue weighted by Crippen LogP contribution is 2.08. The fourth-order valence-electron chi connectivity index (χ4n) is 1.95. The second kappa shape index (κ2) is 3.96. The van der Waals surface area contributed by atoms with Gasteiger partial charge in [-0.3, -0.25) is 9.47 Å². The number of hydrogen-bond donors (Lipinski definition) is 2. The molecule has 1 atom stereocenters. The fraction of sp³-hybridized carbons (Fsp3) is 0.545. The molecule has 0 saturated carbocycles. The van der Waals surface area contributed by atoms with E-state index < -0.39 is 0 Å². The first kappa shape index (κ1) is 10.1. The standard InChI is InChI=1S/C11H17N3O/c1-8-3-4-9(2)14(8)12-7-10-5-6-11(15)13-10/h3-4,10,12H,5-7H2,1-2H3,(H,13,15). The molecule has 4 nitrogen and oxygen atoms in total. The van der Waals surface area contributed by atoms with Crippen LogP contribution in [0.15, 0.2) is 12.1 Å². The fourth-order valence-corrected chi connectivity index (χ4v) is 1.95. The van der Waals surface area contributed by atoms with Crippen molar-refractivity contribution in [1.82, 2.24) is 9.99 Å². The first-order valence-electron chi connectivity index (χ1n) is 5.35. The van der Waals surface area contributed by atoms with Gasteiger partial charge in [0.25, 0.3) is 0 Å². The summed E-state index contributed by atoms with van der Waals surface area (Å²) < 4.78 is 2.06. The van der Waals surface area contributed by atoms with Crippen molar-refractivity contribution in [2.75, 3.05) is 12.0 Å². The molecule has 2 heterocycles. The molecule has 0 radical (unpaired) electrons. The summed E-state index contributed by atoms with van der Waals surface area (Å²) in [4.78, 5) is 11.0. The predicted molar refractivity (Wildman–Crippen MR) is 59.3 cm³/mol. The number of nitrogens with one attached hydrogen (secondary N) is 2. The summed E-state index contributed by atoms with van der Waals surface area (Å²) >= 11 is 0. The molecule has 1 aliphatic heterocycles. The van der Waals surface area contributed by atoms with Gasteiger partial charge >= 0.3 is 0 Å². The second-order valence-electron chi connectivity index (χ2n) is 4.12. The van der Waals surface area contributed by atoms with Crippen molar-refractivity contribution >= 4 is 5.91 Å².